The first-order chi connectivity index (χ1) is 16.4. The minimum atomic E-state index is -0.700. The number of likely N-dealkylation sites (N-methyl/N-ethyl adjacent to an activating group) is 1. The van der Waals surface area contributed by atoms with Gasteiger partial charge in [-0.3, -0.25) is 9.59 Å². The average Bonchev–Trinajstić information content (AvgIpc) is 3.10. The molecule has 0 bridgehead atoms. The summed E-state index contributed by atoms with van der Waals surface area (Å²) in [5, 5.41) is 13.6. The number of carbonyl (C=O) groups is 2. The molecule has 0 radical (unpaired) electrons. The van der Waals surface area contributed by atoms with E-state index < -0.39 is 23.5 Å². The first kappa shape index (κ1) is 25.5. The van der Waals surface area contributed by atoms with Crippen LogP contribution in [0.1, 0.15) is 56.3 Å². The zero-order chi connectivity index (χ0) is 24.7. The molecule has 1 saturated heterocycles. The molecule has 1 heterocycles. The fourth-order valence-corrected chi connectivity index (χ4v) is 4.40. The Morgan fingerprint density at radius 3 is 2.38 bits per heavy atom. The lowest BCUT2D eigenvalue weighted by atomic mass is 9.95. The highest BCUT2D eigenvalue weighted by molar-refractivity contribution is 6.46. The predicted octanol–water partition coefficient (Wildman–Crippen LogP) is 2.32. The Labute approximate surface area is 202 Å². The topological polar surface area (TPSA) is 74.1 Å². The number of nitrogens with one attached hydrogen (secondary N) is 1. The number of amides is 1. The molecule has 0 spiro atoms. The molecule has 1 fully saturated rings. The Kier molecular flexibility index (Phi) is 8.88. The molecule has 1 amide bonds. The van der Waals surface area contributed by atoms with Gasteiger partial charge in [-0.15, -0.1) is 0 Å². The van der Waals surface area contributed by atoms with E-state index in [0.29, 0.717) is 18.7 Å². The van der Waals surface area contributed by atoms with Crippen LogP contribution in [0.4, 0.5) is 0 Å². The molecule has 6 nitrogen and oxygen atoms in total. The van der Waals surface area contributed by atoms with Gasteiger partial charge in [-0.1, -0.05) is 55.5 Å². The van der Waals surface area contributed by atoms with Crippen LogP contribution in [0.3, 0.4) is 0 Å². The van der Waals surface area contributed by atoms with Crippen molar-refractivity contribution >= 4 is 17.4 Å². The predicted molar refractivity (Wildman–Crippen MR) is 131 cm³/mol. The van der Waals surface area contributed by atoms with Gasteiger partial charge in [0, 0.05) is 5.57 Å². The van der Waals surface area contributed by atoms with Gasteiger partial charge in [-0.25, -0.2) is 0 Å². The summed E-state index contributed by atoms with van der Waals surface area (Å²) < 4.78 is 5.81. The molecule has 0 aliphatic carbocycles. The number of ketones is 1. The number of quaternary nitrogens is 1. The molecule has 34 heavy (non-hydrogen) atoms. The maximum atomic E-state index is 13.6. The van der Waals surface area contributed by atoms with Crippen molar-refractivity contribution < 1.29 is 24.3 Å². The summed E-state index contributed by atoms with van der Waals surface area (Å²) in [5.41, 5.74) is 2.03. The summed E-state index contributed by atoms with van der Waals surface area (Å²) in [6, 6.07) is 13.9. The third-order valence-corrected chi connectivity index (χ3v) is 6.54. The smallest absolute Gasteiger partial charge is 0.295 e. The lowest BCUT2D eigenvalue weighted by molar-refractivity contribution is -0.895. The van der Waals surface area contributed by atoms with E-state index in [2.05, 4.69) is 20.8 Å². The highest BCUT2D eigenvalue weighted by atomic mass is 16.5. The van der Waals surface area contributed by atoms with Crippen molar-refractivity contribution in [1.82, 2.24) is 4.90 Å². The molecule has 2 aromatic rings. The summed E-state index contributed by atoms with van der Waals surface area (Å²) in [6.07, 6.45) is 2.00. The second-order valence-electron chi connectivity index (χ2n) is 8.77. The SMILES string of the molecule is CCCCOc1ccc(/C([O-])=C2\C(=O)C(=O)N(CC[NH+](CC)CC)C2c2ccccc2)cc1C. The lowest BCUT2D eigenvalue weighted by Crippen LogP contribution is -3.12. The molecular formula is C28H36N2O4. The molecular weight excluding hydrogens is 428 g/mol. The molecule has 1 aliphatic rings. The number of carbonyl (C=O) groups excluding carboxylic acids is 2. The number of Topliss-reactive ketones (excluding diaryl/α,β-unsaturated/α-hetero) is 1. The first-order valence-electron chi connectivity index (χ1n) is 12.3. The van der Waals surface area contributed by atoms with Crippen LogP contribution in [-0.2, 0) is 9.59 Å². The van der Waals surface area contributed by atoms with E-state index in [4.69, 9.17) is 4.74 Å². The van der Waals surface area contributed by atoms with Gasteiger partial charge in [0.15, 0.2) is 0 Å². The van der Waals surface area contributed by atoms with Crippen LogP contribution >= 0.6 is 0 Å². The van der Waals surface area contributed by atoms with E-state index in [1.807, 2.05) is 37.3 Å². The van der Waals surface area contributed by atoms with Crippen molar-refractivity contribution in [3.05, 3.63) is 70.8 Å². The van der Waals surface area contributed by atoms with Gasteiger partial charge in [0.2, 0.25) is 5.78 Å². The van der Waals surface area contributed by atoms with Crippen LogP contribution in [-0.4, -0.2) is 49.4 Å². The van der Waals surface area contributed by atoms with Gasteiger partial charge in [-0.2, -0.15) is 0 Å². The minimum Gasteiger partial charge on any atom is -0.872 e. The van der Waals surface area contributed by atoms with Gasteiger partial charge in [0.1, 0.15) is 5.75 Å². The van der Waals surface area contributed by atoms with Crippen LogP contribution in [0.15, 0.2) is 54.1 Å². The standard InChI is InChI=1S/C28H36N2O4/c1-5-8-18-34-23-15-14-22(19-20(23)4)26(31)24-25(21-12-10-9-11-13-21)30(28(33)27(24)32)17-16-29(6-2)7-3/h9-15,19,25,31H,5-8,16-18H2,1-4H3/b26-24+. The molecule has 6 heteroatoms. The summed E-state index contributed by atoms with van der Waals surface area (Å²) in [6.45, 7) is 11.8. The lowest BCUT2D eigenvalue weighted by Gasteiger charge is -2.28. The zero-order valence-corrected chi connectivity index (χ0v) is 20.7. The third-order valence-electron chi connectivity index (χ3n) is 6.54. The molecule has 1 N–H and O–H groups in total. The van der Waals surface area contributed by atoms with E-state index in [1.165, 1.54) is 4.90 Å². The summed E-state index contributed by atoms with van der Waals surface area (Å²) >= 11 is 0. The number of hydrogen-bond donors (Lipinski definition) is 1. The van der Waals surface area contributed by atoms with E-state index >= 15 is 0 Å². The number of rotatable bonds is 11. The Balaban J connectivity index is 2.00. The zero-order valence-electron chi connectivity index (χ0n) is 20.7. The van der Waals surface area contributed by atoms with Crippen LogP contribution in [0.25, 0.3) is 5.76 Å². The quantitative estimate of drug-likeness (QED) is 0.240. The number of unbranched alkanes of at least 4 members (excludes halogenated alkanes) is 1. The van der Waals surface area contributed by atoms with Crippen LogP contribution in [0.5, 0.6) is 5.75 Å². The highest BCUT2D eigenvalue weighted by Gasteiger charge is 2.44. The van der Waals surface area contributed by atoms with Crippen LogP contribution < -0.4 is 14.7 Å². The molecule has 3 rings (SSSR count). The van der Waals surface area contributed by atoms with Crippen molar-refractivity contribution in [2.24, 2.45) is 0 Å². The molecule has 182 valence electrons. The Hall–Kier alpha value is -3.12. The van der Waals surface area contributed by atoms with Crippen LogP contribution in [0.2, 0.25) is 0 Å². The number of nitrogens with zero attached hydrogens (tertiary/aromatic N) is 1. The van der Waals surface area contributed by atoms with Gasteiger partial charge >= 0.3 is 0 Å². The van der Waals surface area contributed by atoms with E-state index in [9.17, 15) is 14.7 Å². The largest absolute Gasteiger partial charge is 0.872 e. The van der Waals surface area contributed by atoms with E-state index in [-0.39, 0.29) is 5.57 Å². The van der Waals surface area contributed by atoms with Gasteiger partial charge in [0.05, 0.1) is 38.8 Å². The normalized spacial score (nSPS) is 17.6. The highest BCUT2D eigenvalue weighted by Crippen LogP contribution is 2.38. The van der Waals surface area contributed by atoms with Gasteiger partial charge in [-0.05, 0) is 56.0 Å². The molecule has 1 aliphatic heterocycles. The number of aryl methyl sites for hydroxylation is 1. The van der Waals surface area contributed by atoms with Crippen molar-refractivity contribution in [2.45, 2.75) is 46.6 Å². The second kappa shape index (κ2) is 11.8. The number of hydrogen-bond acceptors (Lipinski definition) is 4. The van der Waals surface area contributed by atoms with Crippen molar-refractivity contribution in [3.63, 3.8) is 0 Å². The van der Waals surface area contributed by atoms with E-state index in [1.54, 1.807) is 23.1 Å². The van der Waals surface area contributed by atoms with Crippen LogP contribution in [0, 0.1) is 6.92 Å². The van der Waals surface area contributed by atoms with Gasteiger partial charge in [0.25, 0.3) is 5.91 Å². The fraction of sp³-hybridized carbons (Fsp3) is 0.429. The summed E-state index contributed by atoms with van der Waals surface area (Å²) in [7, 11) is 0. The third kappa shape index (κ3) is 5.50. The minimum absolute atomic E-state index is 0.0322. The van der Waals surface area contributed by atoms with E-state index in [0.717, 1.165) is 49.4 Å². The maximum absolute atomic E-state index is 13.6. The Morgan fingerprint density at radius 2 is 1.76 bits per heavy atom. The Morgan fingerprint density at radius 1 is 1.06 bits per heavy atom. The molecule has 0 aromatic heterocycles. The fourth-order valence-electron chi connectivity index (χ4n) is 4.40. The van der Waals surface area contributed by atoms with Gasteiger partial charge < -0.3 is 19.6 Å². The molecule has 1 atom stereocenters. The maximum Gasteiger partial charge on any atom is 0.295 e. The number of benzene rings is 2. The second-order valence-corrected chi connectivity index (χ2v) is 8.77. The monoisotopic (exact) mass is 464 g/mol. The molecule has 2 aromatic carbocycles. The number of likely N-dealkylation sites (tertiary alicyclic amines) is 1. The summed E-state index contributed by atoms with van der Waals surface area (Å²) in [4.78, 5) is 29.1. The first-order valence-corrected chi connectivity index (χ1v) is 12.3. The molecule has 0 saturated carbocycles. The average molecular weight is 465 g/mol. The number of ether oxygens (including phenoxy) is 1. The molecule has 1 unspecified atom stereocenters. The summed E-state index contributed by atoms with van der Waals surface area (Å²) in [5.74, 6) is -0.963. The van der Waals surface area contributed by atoms with Crippen molar-refractivity contribution in [2.75, 3.05) is 32.8 Å². The van der Waals surface area contributed by atoms with Crippen molar-refractivity contribution in [1.29, 1.82) is 0 Å². The van der Waals surface area contributed by atoms with Crippen molar-refractivity contribution in [3.8, 4) is 5.75 Å². The Bertz CT molecular complexity index is 1030.